The summed E-state index contributed by atoms with van der Waals surface area (Å²) in [7, 11) is 0. The predicted molar refractivity (Wildman–Crippen MR) is 67.5 cm³/mol. The minimum absolute atomic E-state index is 0.792. The Morgan fingerprint density at radius 2 is 1.88 bits per heavy atom. The van der Waals surface area contributed by atoms with Gasteiger partial charge in [-0.05, 0) is 50.5 Å². The Hall–Kier alpha value is -0.0800. The van der Waals surface area contributed by atoms with Crippen LogP contribution in [0.2, 0.25) is 0 Å². The molecule has 0 spiro atoms. The Labute approximate surface area is 99.8 Å². The van der Waals surface area contributed by atoms with Crippen LogP contribution in [0.15, 0.2) is 0 Å². The number of rotatable bonds is 5. The number of hydrogen-bond donors (Lipinski definition) is 1. The number of piperidine rings is 1. The van der Waals surface area contributed by atoms with E-state index in [0.717, 1.165) is 23.9 Å². The van der Waals surface area contributed by atoms with Crippen LogP contribution in [0.25, 0.3) is 0 Å². The zero-order chi connectivity index (χ0) is 11.0. The Bertz CT molecular complexity index is 233. The van der Waals surface area contributed by atoms with E-state index in [0.29, 0.717) is 0 Å². The standard InChI is InChI=1S/C14H26N2/c1-2-11-7-13(15-8-12-3-4-12)10-16(9-11)14-5-6-14/h11-15H,2-10H2,1H3. The topological polar surface area (TPSA) is 15.3 Å². The lowest BCUT2D eigenvalue weighted by molar-refractivity contribution is 0.131. The van der Waals surface area contributed by atoms with Crippen molar-refractivity contribution in [3.63, 3.8) is 0 Å². The van der Waals surface area contributed by atoms with Crippen LogP contribution < -0.4 is 5.32 Å². The summed E-state index contributed by atoms with van der Waals surface area (Å²) in [5.41, 5.74) is 0. The number of likely N-dealkylation sites (tertiary alicyclic amines) is 1. The Balaban J connectivity index is 1.50. The van der Waals surface area contributed by atoms with E-state index >= 15 is 0 Å². The summed E-state index contributed by atoms with van der Waals surface area (Å²) in [4.78, 5) is 2.77. The second kappa shape index (κ2) is 4.66. The van der Waals surface area contributed by atoms with Gasteiger partial charge in [-0.25, -0.2) is 0 Å². The third-order valence-corrected chi connectivity index (χ3v) is 4.60. The molecule has 2 atom stereocenters. The highest BCUT2D eigenvalue weighted by Gasteiger charge is 2.35. The van der Waals surface area contributed by atoms with Gasteiger partial charge in [0, 0.05) is 25.2 Å². The molecule has 3 fully saturated rings. The van der Waals surface area contributed by atoms with Crippen molar-refractivity contribution in [1.82, 2.24) is 10.2 Å². The van der Waals surface area contributed by atoms with Gasteiger partial charge in [-0.1, -0.05) is 13.3 Å². The Morgan fingerprint density at radius 1 is 1.06 bits per heavy atom. The molecule has 3 aliphatic rings. The van der Waals surface area contributed by atoms with Crippen LogP contribution >= 0.6 is 0 Å². The van der Waals surface area contributed by atoms with Crippen molar-refractivity contribution in [2.24, 2.45) is 11.8 Å². The predicted octanol–water partition coefficient (Wildman–Crippen LogP) is 2.25. The fraction of sp³-hybridized carbons (Fsp3) is 1.00. The summed E-state index contributed by atoms with van der Waals surface area (Å²) < 4.78 is 0. The minimum atomic E-state index is 0.792. The highest BCUT2D eigenvalue weighted by molar-refractivity contribution is 4.92. The molecule has 0 bridgehead atoms. The summed E-state index contributed by atoms with van der Waals surface area (Å²) >= 11 is 0. The summed E-state index contributed by atoms with van der Waals surface area (Å²) in [5.74, 6) is 1.97. The van der Waals surface area contributed by atoms with Crippen LogP contribution in [0.3, 0.4) is 0 Å². The highest BCUT2D eigenvalue weighted by atomic mass is 15.2. The zero-order valence-corrected chi connectivity index (χ0v) is 10.6. The van der Waals surface area contributed by atoms with Gasteiger partial charge in [-0.2, -0.15) is 0 Å². The first-order chi connectivity index (χ1) is 7.85. The van der Waals surface area contributed by atoms with Gasteiger partial charge in [0.05, 0.1) is 0 Å². The van der Waals surface area contributed by atoms with Crippen molar-refractivity contribution in [2.45, 2.75) is 57.5 Å². The van der Waals surface area contributed by atoms with Gasteiger partial charge < -0.3 is 5.32 Å². The third kappa shape index (κ3) is 2.78. The van der Waals surface area contributed by atoms with Crippen LogP contribution in [-0.4, -0.2) is 36.6 Å². The van der Waals surface area contributed by atoms with Crippen LogP contribution in [0, 0.1) is 11.8 Å². The van der Waals surface area contributed by atoms with E-state index in [9.17, 15) is 0 Å². The van der Waals surface area contributed by atoms with Crippen molar-refractivity contribution >= 4 is 0 Å². The molecule has 92 valence electrons. The average Bonchev–Trinajstić information content (AvgIpc) is 3.19. The van der Waals surface area contributed by atoms with Gasteiger partial charge >= 0.3 is 0 Å². The van der Waals surface area contributed by atoms with Crippen molar-refractivity contribution in [3.8, 4) is 0 Å². The molecule has 3 rings (SSSR count). The van der Waals surface area contributed by atoms with Gasteiger partial charge in [-0.15, -0.1) is 0 Å². The first kappa shape index (κ1) is 11.0. The van der Waals surface area contributed by atoms with Crippen LogP contribution in [-0.2, 0) is 0 Å². The van der Waals surface area contributed by atoms with Crippen LogP contribution in [0.5, 0.6) is 0 Å². The maximum absolute atomic E-state index is 3.82. The highest BCUT2D eigenvalue weighted by Crippen LogP contribution is 2.32. The van der Waals surface area contributed by atoms with Gasteiger partial charge in [0.2, 0.25) is 0 Å². The van der Waals surface area contributed by atoms with E-state index in [2.05, 4.69) is 17.1 Å². The molecule has 1 aliphatic heterocycles. The Morgan fingerprint density at radius 3 is 2.50 bits per heavy atom. The maximum atomic E-state index is 3.82. The molecule has 16 heavy (non-hydrogen) atoms. The summed E-state index contributed by atoms with van der Waals surface area (Å²) in [6, 6.07) is 1.75. The second-order valence-electron chi connectivity index (χ2n) is 6.24. The molecule has 2 unspecified atom stereocenters. The largest absolute Gasteiger partial charge is 0.312 e. The summed E-state index contributed by atoms with van der Waals surface area (Å²) in [6.45, 7) is 6.36. The number of hydrogen-bond acceptors (Lipinski definition) is 2. The molecule has 0 aromatic rings. The van der Waals surface area contributed by atoms with Crippen molar-refractivity contribution in [1.29, 1.82) is 0 Å². The third-order valence-electron chi connectivity index (χ3n) is 4.60. The average molecular weight is 222 g/mol. The summed E-state index contributed by atoms with van der Waals surface area (Å²) in [5, 5.41) is 3.82. The molecule has 0 radical (unpaired) electrons. The van der Waals surface area contributed by atoms with Gasteiger partial charge in [0.15, 0.2) is 0 Å². The molecule has 0 aromatic heterocycles. The molecule has 0 amide bonds. The van der Waals surface area contributed by atoms with E-state index in [1.54, 1.807) is 0 Å². The van der Waals surface area contributed by atoms with Crippen LogP contribution in [0.1, 0.15) is 45.4 Å². The molecule has 2 aliphatic carbocycles. The molecule has 1 N–H and O–H groups in total. The number of nitrogens with zero attached hydrogens (tertiary/aromatic N) is 1. The first-order valence-corrected chi connectivity index (χ1v) is 7.32. The molecule has 2 heteroatoms. The lowest BCUT2D eigenvalue weighted by Gasteiger charge is -2.38. The fourth-order valence-electron chi connectivity index (χ4n) is 3.08. The normalized spacial score (nSPS) is 36.6. The van der Waals surface area contributed by atoms with Crippen LogP contribution in [0.4, 0.5) is 0 Å². The molecular formula is C14H26N2. The number of nitrogens with one attached hydrogen (secondary N) is 1. The van der Waals surface area contributed by atoms with Crippen molar-refractivity contribution < 1.29 is 0 Å². The zero-order valence-electron chi connectivity index (χ0n) is 10.6. The molecule has 2 saturated carbocycles. The van der Waals surface area contributed by atoms with Gasteiger partial charge in [0.25, 0.3) is 0 Å². The van der Waals surface area contributed by atoms with E-state index in [-0.39, 0.29) is 0 Å². The molecule has 1 saturated heterocycles. The maximum Gasteiger partial charge on any atom is 0.0198 e. The van der Waals surface area contributed by atoms with E-state index in [1.807, 2.05) is 0 Å². The Kier molecular flexibility index (Phi) is 3.21. The SMILES string of the molecule is CCC1CC(NCC2CC2)CN(C2CC2)C1. The molecule has 1 heterocycles. The lowest BCUT2D eigenvalue weighted by Crippen LogP contribution is -2.50. The molecule has 2 nitrogen and oxygen atoms in total. The van der Waals surface area contributed by atoms with Gasteiger partial charge in [0.1, 0.15) is 0 Å². The smallest absolute Gasteiger partial charge is 0.0198 e. The molecular weight excluding hydrogens is 196 g/mol. The first-order valence-electron chi connectivity index (χ1n) is 7.32. The van der Waals surface area contributed by atoms with E-state index in [1.165, 1.54) is 58.2 Å². The monoisotopic (exact) mass is 222 g/mol. The van der Waals surface area contributed by atoms with Gasteiger partial charge in [-0.3, -0.25) is 4.90 Å². The van der Waals surface area contributed by atoms with E-state index < -0.39 is 0 Å². The second-order valence-corrected chi connectivity index (χ2v) is 6.24. The summed E-state index contributed by atoms with van der Waals surface area (Å²) in [6.07, 6.45) is 8.67. The fourth-order valence-corrected chi connectivity index (χ4v) is 3.08. The quantitative estimate of drug-likeness (QED) is 0.767. The minimum Gasteiger partial charge on any atom is -0.312 e. The van der Waals surface area contributed by atoms with Crippen molar-refractivity contribution in [2.75, 3.05) is 19.6 Å². The molecule has 0 aromatic carbocycles. The van der Waals surface area contributed by atoms with Crippen molar-refractivity contribution in [3.05, 3.63) is 0 Å². The lowest BCUT2D eigenvalue weighted by atomic mass is 9.92. The van der Waals surface area contributed by atoms with E-state index in [4.69, 9.17) is 0 Å².